The lowest BCUT2D eigenvalue weighted by Gasteiger charge is -2.39. The maximum Gasteiger partial charge on any atom is 0.309 e. The third kappa shape index (κ3) is 1.55. The largest absolute Gasteiger partial charge is 0.465 e. The van der Waals surface area contributed by atoms with Crippen molar-refractivity contribution in [2.24, 2.45) is 29.1 Å². The van der Waals surface area contributed by atoms with Gasteiger partial charge in [-0.1, -0.05) is 13.8 Å². The first kappa shape index (κ1) is 11.5. The zero-order valence-electron chi connectivity index (χ0n) is 10.7. The van der Waals surface area contributed by atoms with E-state index in [1.54, 1.807) is 0 Å². The molecule has 2 aliphatic carbocycles. The van der Waals surface area contributed by atoms with Crippen LogP contribution < -0.4 is 0 Å². The number of carbonyl (C=O) groups is 1. The van der Waals surface area contributed by atoms with Gasteiger partial charge in [-0.2, -0.15) is 0 Å². The van der Waals surface area contributed by atoms with Gasteiger partial charge in [-0.3, -0.25) is 4.79 Å². The molecule has 1 N–H and O–H groups in total. The minimum Gasteiger partial charge on any atom is -0.465 e. The van der Waals surface area contributed by atoms with Crippen LogP contribution >= 0.6 is 0 Å². The summed E-state index contributed by atoms with van der Waals surface area (Å²) in [5.74, 6) is 1.78. The maximum atomic E-state index is 11.7. The molecule has 6 atom stereocenters. The highest BCUT2D eigenvalue weighted by molar-refractivity contribution is 5.76. The molecule has 0 aromatic heterocycles. The molecule has 3 heteroatoms. The Morgan fingerprint density at radius 3 is 3.06 bits per heavy atom. The predicted molar refractivity (Wildman–Crippen MR) is 63.2 cm³/mol. The molecule has 0 amide bonds. The number of ether oxygens (including phenoxy) is 1. The summed E-state index contributed by atoms with van der Waals surface area (Å²) in [6.45, 7) is 4.96. The van der Waals surface area contributed by atoms with Crippen LogP contribution in [0.2, 0.25) is 0 Å². The van der Waals surface area contributed by atoms with Crippen molar-refractivity contribution in [1.29, 1.82) is 0 Å². The third-order valence-electron chi connectivity index (χ3n) is 5.53. The topological polar surface area (TPSA) is 46.5 Å². The van der Waals surface area contributed by atoms with Gasteiger partial charge in [-0.05, 0) is 42.9 Å². The second-order valence-electron chi connectivity index (χ2n) is 6.55. The molecule has 96 valence electrons. The van der Waals surface area contributed by atoms with Gasteiger partial charge in [0.05, 0.1) is 18.6 Å². The molecule has 2 bridgehead atoms. The molecule has 1 saturated heterocycles. The van der Waals surface area contributed by atoms with E-state index in [9.17, 15) is 9.90 Å². The fourth-order valence-corrected chi connectivity index (χ4v) is 4.79. The number of fused-ring (bicyclic) bond motifs is 5. The van der Waals surface area contributed by atoms with Crippen LogP contribution in [0, 0.1) is 29.1 Å². The Hall–Kier alpha value is -0.570. The van der Waals surface area contributed by atoms with Crippen molar-refractivity contribution in [3.05, 3.63) is 0 Å². The molecule has 0 radical (unpaired) electrons. The zero-order chi connectivity index (χ0) is 12.2. The SMILES string of the molecule is CCC(O)CC1(C)CC2CC1C1COC(=O)C21. The van der Waals surface area contributed by atoms with Gasteiger partial charge < -0.3 is 9.84 Å². The fraction of sp³-hybridized carbons (Fsp3) is 0.929. The number of esters is 1. The molecule has 0 aromatic rings. The standard InChI is InChI=1S/C14H22O3/c1-3-9(15)6-14(2)5-8-4-11(14)10-7-17-13(16)12(8)10/h8-12,15H,3-7H2,1-2H3. The van der Waals surface area contributed by atoms with Gasteiger partial charge >= 0.3 is 5.97 Å². The number of aliphatic hydroxyl groups excluding tert-OH is 1. The molecule has 1 heterocycles. The van der Waals surface area contributed by atoms with E-state index in [4.69, 9.17) is 4.74 Å². The summed E-state index contributed by atoms with van der Waals surface area (Å²) >= 11 is 0. The van der Waals surface area contributed by atoms with Crippen molar-refractivity contribution in [2.45, 2.75) is 45.6 Å². The minimum atomic E-state index is -0.184. The Labute approximate surface area is 103 Å². The highest BCUT2D eigenvalue weighted by Gasteiger charge is 2.62. The molecule has 0 spiro atoms. The minimum absolute atomic E-state index is 0.0422. The van der Waals surface area contributed by atoms with E-state index in [1.165, 1.54) is 6.42 Å². The lowest BCUT2D eigenvalue weighted by Crippen LogP contribution is -2.37. The molecule has 6 unspecified atom stereocenters. The van der Waals surface area contributed by atoms with Gasteiger partial charge in [0.1, 0.15) is 0 Å². The van der Waals surface area contributed by atoms with Crippen LogP contribution in [0.15, 0.2) is 0 Å². The number of cyclic esters (lactones) is 1. The van der Waals surface area contributed by atoms with Crippen LogP contribution in [0.25, 0.3) is 0 Å². The highest BCUT2D eigenvalue weighted by atomic mass is 16.5. The summed E-state index contributed by atoms with van der Waals surface area (Å²) in [5, 5.41) is 9.91. The molecule has 0 aromatic carbocycles. The molecular formula is C14H22O3. The van der Waals surface area contributed by atoms with E-state index in [2.05, 4.69) is 6.92 Å². The van der Waals surface area contributed by atoms with Crippen LogP contribution in [0.3, 0.4) is 0 Å². The first-order chi connectivity index (χ1) is 8.05. The average Bonchev–Trinajstić information content (AvgIpc) is 2.89. The van der Waals surface area contributed by atoms with E-state index in [0.717, 1.165) is 19.3 Å². The zero-order valence-corrected chi connectivity index (χ0v) is 10.7. The average molecular weight is 238 g/mol. The van der Waals surface area contributed by atoms with E-state index < -0.39 is 0 Å². The van der Waals surface area contributed by atoms with E-state index in [0.29, 0.717) is 24.4 Å². The van der Waals surface area contributed by atoms with Crippen molar-refractivity contribution in [1.82, 2.24) is 0 Å². The summed E-state index contributed by atoms with van der Waals surface area (Å²) in [6, 6.07) is 0. The van der Waals surface area contributed by atoms with Crippen molar-refractivity contribution in [3.63, 3.8) is 0 Å². The van der Waals surface area contributed by atoms with Crippen LogP contribution in [-0.4, -0.2) is 23.8 Å². The quantitative estimate of drug-likeness (QED) is 0.765. The Morgan fingerprint density at radius 2 is 2.35 bits per heavy atom. The molecule has 3 aliphatic rings. The molecule has 3 rings (SSSR count). The summed E-state index contributed by atoms with van der Waals surface area (Å²) in [4.78, 5) is 11.7. The van der Waals surface area contributed by atoms with Gasteiger partial charge in [0, 0.05) is 5.92 Å². The number of carbonyl (C=O) groups excluding carboxylic acids is 1. The number of hydrogen-bond donors (Lipinski definition) is 1. The Morgan fingerprint density at radius 1 is 1.59 bits per heavy atom. The summed E-state index contributed by atoms with van der Waals surface area (Å²) in [6.07, 6.45) is 3.82. The summed E-state index contributed by atoms with van der Waals surface area (Å²) < 4.78 is 5.22. The van der Waals surface area contributed by atoms with Crippen LogP contribution in [0.1, 0.15) is 39.5 Å². The molecule has 3 fully saturated rings. The highest BCUT2D eigenvalue weighted by Crippen LogP contribution is 2.64. The molecule has 1 aliphatic heterocycles. The fourth-order valence-electron chi connectivity index (χ4n) is 4.79. The summed E-state index contributed by atoms with van der Waals surface area (Å²) in [7, 11) is 0. The predicted octanol–water partition coefficient (Wildman–Crippen LogP) is 1.98. The smallest absolute Gasteiger partial charge is 0.309 e. The maximum absolute atomic E-state index is 11.7. The van der Waals surface area contributed by atoms with Gasteiger partial charge in [-0.25, -0.2) is 0 Å². The Kier molecular flexibility index (Phi) is 2.51. The second kappa shape index (κ2) is 3.71. The van der Waals surface area contributed by atoms with E-state index in [-0.39, 0.29) is 23.4 Å². The Balaban J connectivity index is 1.78. The molecular weight excluding hydrogens is 216 g/mol. The van der Waals surface area contributed by atoms with E-state index >= 15 is 0 Å². The first-order valence-electron chi connectivity index (χ1n) is 6.90. The van der Waals surface area contributed by atoms with Crippen LogP contribution in [-0.2, 0) is 9.53 Å². The van der Waals surface area contributed by atoms with Gasteiger partial charge in [-0.15, -0.1) is 0 Å². The Bertz CT molecular complexity index is 340. The third-order valence-corrected chi connectivity index (χ3v) is 5.53. The van der Waals surface area contributed by atoms with Crippen LogP contribution in [0.4, 0.5) is 0 Å². The number of hydrogen-bond acceptors (Lipinski definition) is 3. The number of rotatable bonds is 3. The van der Waals surface area contributed by atoms with E-state index in [1.807, 2.05) is 6.92 Å². The van der Waals surface area contributed by atoms with Crippen molar-refractivity contribution >= 4 is 5.97 Å². The first-order valence-corrected chi connectivity index (χ1v) is 6.90. The van der Waals surface area contributed by atoms with Gasteiger partial charge in [0.25, 0.3) is 0 Å². The molecule has 17 heavy (non-hydrogen) atoms. The molecule has 3 nitrogen and oxygen atoms in total. The van der Waals surface area contributed by atoms with Gasteiger partial charge in [0.2, 0.25) is 0 Å². The molecule has 2 saturated carbocycles. The second-order valence-corrected chi connectivity index (χ2v) is 6.55. The van der Waals surface area contributed by atoms with Crippen molar-refractivity contribution < 1.29 is 14.6 Å². The monoisotopic (exact) mass is 238 g/mol. The van der Waals surface area contributed by atoms with Crippen LogP contribution in [0.5, 0.6) is 0 Å². The number of aliphatic hydroxyl groups is 1. The van der Waals surface area contributed by atoms with Gasteiger partial charge in [0.15, 0.2) is 0 Å². The lowest BCUT2D eigenvalue weighted by molar-refractivity contribution is -0.142. The normalized spacial score (nSPS) is 49.2. The van der Waals surface area contributed by atoms with Crippen molar-refractivity contribution in [3.8, 4) is 0 Å². The summed E-state index contributed by atoms with van der Waals surface area (Å²) in [5.41, 5.74) is 0.231. The van der Waals surface area contributed by atoms with Crippen molar-refractivity contribution in [2.75, 3.05) is 6.61 Å². The lowest BCUT2D eigenvalue weighted by atomic mass is 9.64.